The molecule has 2 aromatic rings. The van der Waals surface area contributed by atoms with Crippen LogP contribution >= 0.6 is 0 Å². The number of hydrogen-bond acceptors (Lipinski definition) is 4. The lowest BCUT2D eigenvalue weighted by atomic mass is 10.2. The molecule has 96 valence electrons. The quantitative estimate of drug-likeness (QED) is 0.768. The lowest BCUT2D eigenvalue weighted by Gasteiger charge is -2.01. The summed E-state index contributed by atoms with van der Waals surface area (Å²) in [7, 11) is -3.41. The zero-order valence-corrected chi connectivity index (χ0v) is 10.8. The molecule has 1 aromatic heterocycles. The molecule has 1 aromatic carbocycles. The molecular formula is C12H14N2O3S. The van der Waals surface area contributed by atoms with E-state index in [0.717, 1.165) is 17.4 Å². The van der Waals surface area contributed by atoms with Gasteiger partial charge in [-0.25, -0.2) is 0 Å². The molecule has 0 amide bonds. The Morgan fingerprint density at radius 3 is 2.61 bits per heavy atom. The lowest BCUT2D eigenvalue weighted by Crippen LogP contribution is -2.02. The van der Waals surface area contributed by atoms with Gasteiger partial charge in [-0.1, -0.05) is 30.3 Å². The molecule has 0 aliphatic carbocycles. The molecule has 0 N–H and O–H groups in total. The van der Waals surface area contributed by atoms with Crippen LogP contribution < -0.4 is 0 Å². The molecule has 0 bridgehead atoms. The standard InChI is InChI=1S/C12H14N2O3S/c1-18(15,16)17-10-12-7-13-14(9-12)8-11-5-3-2-4-6-11/h2-7,9H,8,10H2,1H3. The first kappa shape index (κ1) is 12.8. The Hall–Kier alpha value is -1.66. The Labute approximate surface area is 106 Å². The largest absolute Gasteiger partial charge is 0.268 e. The van der Waals surface area contributed by atoms with Crippen molar-refractivity contribution < 1.29 is 12.6 Å². The van der Waals surface area contributed by atoms with Gasteiger partial charge in [-0.3, -0.25) is 8.86 Å². The van der Waals surface area contributed by atoms with E-state index in [1.54, 1.807) is 17.1 Å². The second-order valence-electron chi connectivity index (χ2n) is 4.00. The predicted octanol–water partition coefficient (Wildman–Crippen LogP) is 1.41. The molecule has 0 saturated carbocycles. The third-order valence-electron chi connectivity index (χ3n) is 2.31. The van der Waals surface area contributed by atoms with Crippen LogP contribution in [0.2, 0.25) is 0 Å². The van der Waals surface area contributed by atoms with Crippen LogP contribution in [0.15, 0.2) is 42.7 Å². The van der Waals surface area contributed by atoms with E-state index in [1.807, 2.05) is 30.3 Å². The fourth-order valence-corrected chi connectivity index (χ4v) is 1.86. The first-order valence-electron chi connectivity index (χ1n) is 5.42. The third-order valence-corrected chi connectivity index (χ3v) is 2.86. The number of rotatable bonds is 5. The maximum Gasteiger partial charge on any atom is 0.264 e. The van der Waals surface area contributed by atoms with Gasteiger partial charge in [0.2, 0.25) is 0 Å². The Balaban J connectivity index is 1.98. The highest BCUT2D eigenvalue weighted by Crippen LogP contribution is 2.06. The zero-order chi connectivity index (χ0) is 13.0. The van der Waals surface area contributed by atoms with Crippen LogP contribution in [0, 0.1) is 0 Å². The Morgan fingerprint density at radius 2 is 1.94 bits per heavy atom. The Kier molecular flexibility index (Phi) is 3.78. The van der Waals surface area contributed by atoms with Gasteiger partial charge in [-0.2, -0.15) is 13.5 Å². The molecule has 0 saturated heterocycles. The molecule has 0 aliphatic heterocycles. The molecule has 0 aliphatic rings. The highest BCUT2D eigenvalue weighted by molar-refractivity contribution is 7.85. The minimum Gasteiger partial charge on any atom is -0.268 e. The van der Waals surface area contributed by atoms with Crippen LogP contribution in [0.3, 0.4) is 0 Å². The molecule has 18 heavy (non-hydrogen) atoms. The number of aromatic nitrogens is 2. The van der Waals surface area contributed by atoms with E-state index in [4.69, 9.17) is 4.18 Å². The summed E-state index contributed by atoms with van der Waals surface area (Å²) in [5, 5.41) is 4.15. The van der Waals surface area contributed by atoms with Crippen LogP contribution in [0.25, 0.3) is 0 Å². The summed E-state index contributed by atoms with van der Waals surface area (Å²) in [6, 6.07) is 9.90. The fraction of sp³-hybridized carbons (Fsp3) is 0.250. The number of hydrogen-bond donors (Lipinski definition) is 0. The van der Waals surface area contributed by atoms with Crippen molar-refractivity contribution in [1.29, 1.82) is 0 Å². The van der Waals surface area contributed by atoms with Gasteiger partial charge in [0.15, 0.2) is 0 Å². The molecule has 0 radical (unpaired) electrons. The molecule has 0 atom stereocenters. The summed E-state index contributed by atoms with van der Waals surface area (Å²) in [5.74, 6) is 0. The molecular weight excluding hydrogens is 252 g/mol. The van der Waals surface area contributed by atoms with E-state index in [1.165, 1.54) is 0 Å². The van der Waals surface area contributed by atoms with Crippen LogP contribution in [0.1, 0.15) is 11.1 Å². The van der Waals surface area contributed by atoms with Crippen molar-refractivity contribution in [3.8, 4) is 0 Å². The van der Waals surface area contributed by atoms with Gasteiger partial charge >= 0.3 is 0 Å². The van der Waals surface area contributed by atoms with E-state index in [2.05, 4.69) is 5.10 Å². The molecule has 1 heterocycles. The average Bonchev–Trinajstić information content (AvgIpc) is 2.75. The first-order valence-corrected chi connectivity index (χ1v) is 7.24. The van der Waals surface area contributed by atoms with Crippen LogP contribution in [0.5, 0.6) is 0 Å². The van der Waals surface area contributed by atoms with Gasteiger partial charge < -0.3 is 0 Å². The summed E-state index contributed by atoms with van der Waals surface area (Å²) < 4.78 is 28.2. The summed E-state index contributed by atoms with van der Waals surface area (Å²) in [6.07, 6.45) is 4.41. The lowest BCUT2D eigenvalue weighted by molar-refractivity contribution is 0.311. The van der Waals surface area contributed by atoms with Crippen LogP contribution in [-0.4, -0.2) is 24.5 Å². The predicted molar refractivity (Wildman–Crippen MR) is 67.4 cm³/mol. The van der Waals surface area contributed by atoms with Gasteiger partial charge in [0, 0.05) is 11.8 Å². The van der Waals surface area contributed by atoms with Crippen molar-refractivity contribution in [2.75, 3.05) is 6.26 Å². The molecule has 5 nitrogen and oxygen atoms in total. The number of benzene rings is 1. The molecule has 0 fully saturated rings. The maximum absolute atomic E-state index is 10.9. The van der Waals surface area contributed by atoms with E-state index in [-0.39, 0.29) is 6.61 Å². The monoisotopic (exact) mass is 266 g/mol. The van der Waals surface area contributed by atoms with Crippen LogP contribution in [0.4, 0.5) is 0 Å². The van der Waals surface area contributed by atoms with Crippen molar-refractivity contribution in [3.63, 3.8) is 0 Å². The van der Waals surface area contributed by atoms with Gasteiger partial charge in [0.1, 0.15) is 0 Å². The maximum atomic E-state index is 10.9. The van der Waals surface area contributed by atoms with E-state index < -0.39 is 10.1 Å². The summed E-state index contributed by atoms with van der Waals surface area (Å²) in [4.78, 5) is 0. The van der Waals surface area contributed by atoms with Crippen molar-refractivity contribution in [3.05, 3.63) is 53.9 Å². The normalized spacial score (nSPS) is 11.6. The summed E-state index contributed by atoms with van der Waals surface area (Å²) in [5.41, 5.74) is 1.87. The fourth-order valence-electron chi connectivity index (χ4n) is 1.51. The van der Waals surface area contributed by atoms with Crippen LogP contribution in [-0.2, 0) is 27.5 Å². The Morgan fingerprint density at radius 1 is 1.22 bits per heavy atom. The van der Waals surface area contributed by atoms with Gasteiger partial charge in [-0.15, -0.1) is 0 Å². The minimum absolute atomic E-state index is 0.0215. The number of nitrogens with zero attached hydrogens (tertiary/aromatic N) is 2. The highest BCUT2D eigenvalue weighted by atomic mass is 32.2. The Bertz CT molecular complexity index is 605. The van der Waals surface area contributed by atoms with Crippen molar-refractivity contribution in [1.82, 2.24) is 9.78 Å². The topological polar surface area (TPSA) is 61.2 Å². The van der Waals surface area contributed by atoms with Gasteiger partial charge in [0.05, 0.1) is 25.6 Å². The van der Waals surface area contributed by atoms with Crippen molar-refractivity contribution in [2.45, 2.75) is 13.2 Å². The summed E-state index contributed by atoms with van der Waals surface area (Å²) >= 11 is 0. The van der Waals surface area contributed by atoms with Crippen molar-refractivity contribution >= 4 is 10.1 Å². The van der Waals surface area contributed by atoms with E-state index in [0.29, 0.717) is 6.54 Å². The highest BCUT2D eigenvalue weighted by Gasteiger charge is 2.05. The van der Waals surface area contributed by atoms with E-state index in [9.17, 15) is 8.42 Å². The zero-order valence-electron chi connectivity index (χ0n) is 9.98. The van der Waals surface area contributed by atoms with Crippen molar-refractivity contribution in [2.24, 2.45) is 0 Å². The smallest absolute Gasteiger partial charge is 0.264 e. The second kappa shape index (κ2) is 5.32. The van der Waals surface area contributed by atoms with Gasteiger partial charge in [0.25, 0.3) is 10.1 Å². The summed E-state index contributed by atoms with van der Waals surface area (Å²) in [6.45, 7) is 0.674. The third kappa shape index (κ3) is 3.97. The first-order chi connectivity index (χ1) is 8.53. The van der Waals surface area contributed by atoms with Gasteiger partial charge in [-0.05, 0) is 5.56 Å². The molecule has 0 spiro atoms. The second-order valence-corrected chi connectivity index (χ2v) is 5.64. The SMILES string of the molecule is CS(=O)(=O)OCc1cnn(Cc2ccccc2)c1. The average molecular weight is 266 g/mol. The minimum atomic E-state index is -3.41. The molecule has 6 heteroatoms. The molecule has 0 unspecified atom stereocenters. The molecule has 2 rings (SSSR count). The van der Waals surface area contributed by atoms with E-state index >= 15 is 0 Å².